The SMILES string of the molecule is CN=C(NCc1nccn1CCCc1ccccc1)NCC(C)(C)c1cccs1. The van der Waals surface area contributed by atoms with Crippen LogP contribution in [0.15, 0.2) is 65.2 Å². The second kappa shape index (κ2) is 10.3. The van der Waals surface area contributed by atoms with Crippen LogP contribution in [0.4, 0.5) is 0 Å². The van der Waals surface area contributed by atoms with Crippen LogP contribution in [0, 0.1) is 0 Å². The quantitative estimate of drug-likeness (QED) is 0.411. The number of nitrogens with zero attached hydrogens (tertiary/aromatic N) is 3. The molecule has 6 heteroatoms. The summed E-state index contributed by atoms with van der Waals surface area (Å²) in [5, 5.41) is 8.98. The number of benzene rings is 1. The van der Waals surface area contributed by atoms with Crippen molar-refractivity contribution in [2.75, 3.05) is 13.6 Å². The zero-order chi connectivity index (χ0) is 20.5. The van der Waals surface area contributed by atoms with Crippen LogP contribution < -0.4 is 10.6 Å². The van der Waals surface area contributed by atoms with Gasteiger partial charge in [0.05, 0.1) is 6.54 Å². The molecule has 0 saturated carbocycles. The minimum absolute atomic E-state index is 0.0572. The van der Waals surface area contributed by atoms with Crippen LogP contribution in [-0.4, -0.2) is 29.1 Å². The summed E-state index contributed by atoms with van der Waals surface area (Å²) in [5.41, 5.74) is 1.44. The number of hydrogen-bond donors (Lipinski definition) is 2. The minimum atomic E-state index is 0.0572. The minimum Gasteiger partial charge on any atom is -0.356 e. The molecule has 2 N–H and O–H groups in total. The van der Waals surface area contributed by atoms with E-state index < -0.39 is 0 Å². The number of rotatable bonds is 9. The van der Waals surface area contributed by atoms with Crippen LogP contribution in [0.3, 0.4) is 0 Å². The first kappa shape index (κ1) is 21.1. The Labute approximate surface area is 177 Å². The van der Waals surface area contributed by atoms with Gasteiger partial charge in [-0.3, -0.25) is 4.99 Å². The predicted octanol–water partition coefficient (Wildman–Crippen LogP) is 4.22. The fourth-order valence-electron chi connectivity index (χ4n) is 3.25. The molecule has 0 aliphatic carbocycles. The number of nitrogens with one attached hydrogen (secondary N) is 2. The number of thiophene rings is 1. The lowest BCUT2D eigenvalue weighted by atomic mass is 9.91. The number of imidazole rings is 1. The van der Waals surface area contributed by atoms with Crippen LogP contribution >= 0.6 is 11.3 Å². The first-order valence-corrected chi connectivity index (χ1v) is 11.0. The van der Waals surface area contributed by atoms with E-state index >= 15 is 0 Å². The van der Waals surface area contributed by atoms with Gasteiger partial charge in [0.25, 0.3) is 0 Å². The van der Waals surface area contributed by atoms with Gasteiger partial charge in [-0.2, -0.15) is 0 Å². The lowest BCUT2D eigenvalue weighted by molar-refractivity contribution is 0.517. The maximum absolute atomic E-state index is 4.52. The molecule has 154 valence electrons. The Kier molecular flexibility index (Phi) is 7.47. The van der Waals surface area contributed by atoms with Gasteiger partial charge in [0.2, 0.25) is 0 Å². The van der Waals surface area contributed by atoms with Gasteiger partial charge in [-0.05, 0) is 29.9 Å². The normalized spacial score (nSPS) is 12.2. The van der Waals surface area contributed by atoms with Gasteiger partial charge in [0, 0.05) is 42.8 Å². The molecular weight excluding hydrogens is 378 g/mol. The third-order valence-electron chi connectivity index (χ3n) is 5.03. The molecule has 3 aromatic rings. The molecule has 0 amide bonds. The standard InChI is InChI=1S/C23H31N5S/c1-23(2,20-12-8-16-29-20)18-27-22(24-3)26-17-21-25-13-15-28(21)14-7-11-19-9-5-4-6-10-19/h4-6,8-10,12-13,15-16H,7,11,14,17-18H2,1-3H3,(H2,24,26,27). The number of hydrogen-bond acceptors (Lipinski definition) is 3. The number of aliphatic imine (C=N–C) groups is 1. The van der Waals surface area contributed by atoms with Crippen molar-refractivity contribution in [3.05, 3.63) is 76.5 Å². The van der Waals surface area contributed by atoms with Crippen LogP contribution in [0.25, 0.3) is 0 Å². The highest BCUT2D eigenvalue weighted by molar-refractivity contribution is 7.10. The van der Waals surface area contributed by atoms with Crippen molar-refractivity contribution in [2.45, 2.75) is 45.2 Å². The molecule has 0 atom stereocenters. The molecule has 0 aliphatic heterocycles. The highest BCUT2D eigenvalue weighted by Gasteiger charge is 2.22. The van der Waals surface area contributed by atoms with Crippen molar-refractivity contribution in [1.82, 2.24) is 20.2 Å². The first-order valence-electron chi connectivity index (χ1n) is 10.1. The number of guanidine groups is 1. The van der Waals surface area contributed by atoms with Crippen molar-refractivity contribution in [1.29, 1.82) is 0 Å². The summed E-state index contributed by atoms with van der Waals surface area (Å²) in [5.74, 6) is 1.83. The summed E-state index contributed by atoms with van der Waals surface area (Å²) in [6.07, 6.45) is 6.09. The summed E-state index contributed by atoms with van der Waals surface area (Å²) in [6, 6.07) is 14.9. The molecule has 1 aromatic carbocycles. The van der Waals surface area contributed by atoms with Gasteiger partial charge >= 0.3 is 0 Å². The van der Waals surface area contributed by atoms with Crippen molar-refractivity contribution in [3.63, 3.8) is 0 Å². The number of aromatic nitrogens is 2. The fraction of sp³-hybridized carbons (Fsp3) is 0.391. The molecule has 0 bridgehead atoms. The Bertz CT molecular complexity index is 881. The van der Waals surface area contributed by atoms with E-state index in [1.54, 1.807) is 18.4 Å². The summed E-state index contributed by atoms with van der Waals surface area (Å²) in [4.78, 5) is 10.3. The van der Waals surface area contributed by atoms with Crippen molar-refractivity contribution in [2.24, 2.45) is 4.99 Å². The van der Waals surface area contributed by atoms with Gasteiger partial charge in [0.15, 0.2) is 5.96 Å². The monoisotopic (exact) mass is 409 g/mol. The second-order valence-electron chi connectivity index (χ2n) is 7.77. The molecule has 3 rings (SSSR count). The molecule has 0 unspecified atom stereocenters. The lowest BCUT2D eigenvalue weighted by Gasteiger charge is -2.25. The lowest BCUT2D eigenvalue weighted by Crippen LogP contribution is -2.43. The summed E-state index contributed by atoms with van der Waals surface area (Å²) >= 11 is 1.79. The molecule has 2 heterocycles. The van der Waals surface area contributed by atoms with Gasteiger partial charge in [-0.1, -0.05) is 50.2 Å². The van der Waals surface area contributed by atoms with Crippen molar-refractivity contribution >= 4 is 17.3 Å². The van der Waals surface area contributed by atoms with Crippen LogP contribution in [0.2, 0.25) is 0 Å². The van der Waals surface area contributed by atoms with Gasteiger partial charge in [-0.25, -0.2) is 4.98 Å². The van der Waals surface area contributed by atoms with E-state index in [0.717, 1.165) is 37.7 Å². The van der Waals surface area contributed by atoms with E-state index in [-0.39, 0.29) is 5.41 Å². The Morgan fingerprint density at radius 3 is 2.69 bits per heavy atom. The van der Waals surface area contributed by atoms with E-state index in [9.17, 15) is 0 Å². The third kappa shape index (κ3) is 6.19. The zero-order valence-corrected chi connectivity index (χ0v) is 18.4. The summed E-state index contributed by atoms with van der Waals surface area (Å²) in [6.45, 7) is 6.93. The molecular formula is C23H31N5S. The van der Waals surface area contributed by atoms with Crippen molar-refractivity contribution in [3.8, 4) is 0 Å². The van der Waals surface area contributed by atoms with Crippen molar-refractivity contribution < 1.29 is 0 Å². The third-order valence-corrected chi connectivity index (χ3v) is 6.27. The van der Waals surface area contributed by atoms with E-state index in [4.69, 9.17) is 0 Å². The largest absolute Gasteiger partial charge is 0.356 e. The molecule has 0 spiro atoms. The van der Waals surface area contributed by atoms with Crippen LogP contribution in [0.5, 0.6) is 0 Å². The molecule has 2 aromatic heterocycles. The zero-order valence-electron chi connectivity index (χ0n) is 17.6. The molecule has 0 fully saturated rings. The Morgan fingerprint density at radius 2 is 1.97 bits per heavy atom. The van der Waals surface area contributed by atoms with E-state index in [1.165, 1.54) is 10.4 Å². The Morgan fingerprint density at radius 1 is 1.14 bits per heavy atom. The predicted molar refractivity (Wildman–Crippen MR) is 123 cm³/mol. The van der Waals surface area contributed by atoms with Gasteiger partial charge < -0.3 is 15.2 Å². The van der Waals surface area contributed by atoms with Gasteiger partial charge in [-0.15, -0.1) is 11.3 Å². The molecule has 5 nitrogen and oxygen atoms in total. The highest BCUT2D eigenvalue weighted by Crippen LogP contribution is 2.26. The highest BCUT2D eigenvalue weighted by atomic mass is 32.1. The Balaban J connectivity index is 1.47. The summed E-state index contributed by atoms with van der Waals surface area (Å²) < 4.78 is 2.22. The van der Waals surface area contributed by atoms with E-state index in [1.807, 2.05) is 6.20 Å². The molecule has 0 radical (unpaired) electrons. The van der Waals surface area contributed by atoms with E-state index in [2.05, 4.69) is 93.1 Å². The Hall–Kier alpha value is -2.60. The topological polar surface area (TPSA) is 54.2 Å². The second-order valence-corrected chi connectivity index (χ2v) is 8.71. The molecule has 29 heavy (non-hydrogen) atoms. The number of aryl methyl sites for hydroxylation is 2. The van der Waals surface area contributed by atoms with Crippen LogP contribution in [-0.2, 0) is 24.9 Å². The summed E-state index contributed by atoms with van der Waals surface area (Å²) in [7, 11) is 1.81. The average Bonchev–Trinajstić information content (AvgIpc) is 3.42. The molecule has 0 saturated heterocycles. The smallest absolute Gasteiger partial charge is 0.191 e. The average molecular weight is 410 g/mol. The van der Waals surface area contributed by atoms with E-state index in [0.29, 0.717) is 6.54 Å². The van der Waals surface area contributed by atoms with Gasteiger partial charge in [0.1, 0.15) is 5.82 Å². The van der Waals surface area contributed by atoms with Crippen LogP contribution in [0.1, 0.15) is 36.5 Å². The maximum Gasteiger partial charge on any atom is 0.191 e. The molecule has 0 aliphatic rings. The fourth-order valence-corrected chi connectivity index (χ4v) is 4.10. The first-order chi connectivity index (χ1) is 14.1. The maximum atomic E-state index is 4.52.